The summed E-state index contributed by atoms with van der Waals surface area (Å²) in [5, 5.41) is 41.5. The van der Waals surface area contributed by atoms with E-state index in [0.29, 0.717) is 0 Å². The first-order valence-corrected chi connectivity index (χ1v) is 7.89. The van der Waals surface area contributed by atoms with Gasteiger partial charge in [-0.2, -0.15) is 0 Å². The molecule has 0 aliphatic rings. The molecule has 3 atom stereocenters. The van der Waals surface area contributed by atoms with Gasteiger partial charge in [0.1, 0.15) is 18.1 Å². The van der Waals surface area contributed by atoms with Crippen molar-refractivity contribution in [3.05, 3.63) is 0 Å². The van der Waals surface area contributed by atoms with Gasteiger partial charge < -0.3 is 42.1 Å². The van der Waals surface area contributed by atoms with E-state index >= 15 is 0 Å². The first-order valence-electron chi connectivity index (χ1n) is 7.89. The second-order valence-corrected chi connectivity index (χ2v) is 5.50. The number of aliphatic hydroxyl groups is 1. The van der Waals surface area contributed by atoms with Gasteiger partial charge in [0.25, 0.3) is 0 Å². The Balaban J connectivity index is 5.13. The summed E-state index contributed by atoms with van der Waals surface area (Å²) in [7, 11) is 0. The summed E-state index contributed by atoms with van der Waals surface area (Å²) in [6.45, 7) is -1.47. The fourth-order valence-corrected chi connectivity index (χ4v) is 1.90. The lowest BCUT2D eigenvalue weighted by Gasteiger charge is -2.22. The van der Waals surface area contributed by atoms with Crippen molar-refractivity contribution in [3.63, 3.8) is 0 Å². The van der Waals surface area contributed by atoms with E-state index in [4.69, 9.17) is 21.1 Å². The minimum atomic E-state index is -1.81. The molecule has 3 amide bonds. The fraction of sp³-hybridized carbons (Fsp3) is 0.571. The van der Waals surface area contributed by atoms with Crippen LogP contribution >= 0.6 is 0 Å². The summed E-state index contributed by atoms with van der Waals surface area (Å²) >= 11 is 0. The average Bonchev–Trinajstić information content (AvgIpc) is 2.61. The lowest BCUT2D eigenvalue weighted by molar-refractivity contribution is -0.147. The highest BCUT2D eigenvalue weighted by molar-refractivity contribution is 5.94. The molecule has 0 aromatic heterocycles. The van der Waals surface area contributed by atoms with Crippen LogP contribution in [-0.2, 0) is 28.8 Å². The van der Waals surface area contributed by atoms with Crippen molar-refractivity contribution >= 4 is 35.6 Å². The fourth-order valence-electron chi connectivity index (χ4n) is 1.90. The molecule has 3 unspecified atom stereocenters. The van der Waals surface area contributed by atoms with Gasteiger partial charge in [-0.25, -0.2) is 4.79 Å². The maximum absolute atomic E-state index is 12.2. The SMILES string of the molecule is NCC(=O)NC(CCC(=O)O)C(=O)NC(CO)C(=O)NC(CC(=O)O)C(=O)O. The number of nitrogens with one attached hydrogen (secondary N) is 3. The normalized spacial score (nSPS) is 13.5. The molecule has 14 nitrogen and oxygen atoms in total. The largest absolute Gasteiger partial charge is 0.481 e. The van der Waals surface area contributed by atoms with E-state index in [1.165, 1.54) is 0 Å². The molecule has 14 heteroatoms. The zero-order valence-electron chi connectivity index (χ0n) is 14.6. The van der Waals surface area contributed by atoms with Crippen LogP contribution in [0.25, 0.3) is 0 Å². The van der Waals surface area contributed by atoms with Crippen LogP contribution in [0.4, 0.5) is 0 Å². The topological polar surface area (TPSA) is 245 Å². The van der Waals surface area contributed by atoms with E-state index in [-0.39, 0.29) is 6.42 Å². The first kappa shape index (κ1) is 24.7. The summed E-state index contributed by atoms with van der Waals surface area (Å²) in [4.78, 5) is 67.9. The van der Waals surface area contributed by atoms with E-state index in [0.717, 1.165) is 0 Å². The molecular weight excluding hydrogens is 384 g/mol. The number of carbonyl (C=O) groups is 6. The van der Waals surface area contributed by atoms with Crippen molar-refractivity contribution in [1.29, 1.82) is 0 Å². The first-order chi connectivity index (χ1) is 13.0. The number of carboxylic acids is 3. The molecule has 0 rings (SSSR count). The molecule has 0 radical (unpaired) electrons. The van der Waals surface area contributed by atoms with Crippen molar-refractivity contribution in [2.45, 2.75) is 37.4 Å². The lowest BCUT2D eigenvalue weighted by Crippen LogP contribution is -2.57. The van der Waals surface area contributed by atoms with E-state index in [1.807, 2.05) is 10.6 Å². The molecule has 158 valence electrons. The number of amides is 3. The summed E-state index contributed by atoms with van der Waals surface area (Å²) < 4.78 is 0. The minimum absolute atomic E-state index is 0.344. The molecule has 0 aliphatic carbocycles. The Bertz CT molecular complexity index is 623. The molecular formula is C14H22N4O10. The van der Waals surface area contributed by atoms with Gasteiger partial charge in [-0.05, 0) is 6.42 Å². The van der Waals surface area contributed by atoms with Crippen LogP contribution in [-0.4, -0.2) is 87.3 Å². The van der Waals surface area contributed by atoms with Crippen molar-refractivity contribution in [2.24, 2.45) is 5.73 Å². The molecule has 0 heterocycles. The van der Waals surface area contributed by atoms with Gasteiger partial charge in [0, 0.05) is 6.42 Å². The molecule has 0 bridgehead atoms. The maximum atomic E-state index is 12.2. The smallest absolute Gasteiger partial charge is 0.326 e. The number of hydrogen-bond acceptors (Lipinski definition) is 8. The quantitative estimate of drug-likeness (QED) is 0.146. The Morgan fingerprint density at radius 2 is 1.32 bits per heavy atom. The third-order valence-corrected chi connectivity index (χ3v) is 3.29. The number of rotatable bonds is 13. The lowest BCUT2D eigenvalue weighted by atomic mass is 10.1. The molecule has 9 N–H and O–H groups in total. The molecule has 0 aromatic carbocycles. The number of hydrogen-bond donors (Lipinski definition) is 8. The predicted molar refractivity (Wildman–Crippen MR) is 88.7 cm³/mol. The van der Waals surface area contributed by atoms with Crippen LogP contribution in [0.2, 0.25) is 0 Å². The summed E-state index contributed by atoms with van der Waals surface area (Å²) in [6, 6.07) is -4.87. The highest BCUT2D eigenvalue weighted by Crippen LogP contribution is 2.00. The van der Waals surface area contributed by atoms with Crippen LogP contribution in [0.1, 0.15) is 19.3 Å². The van der Waals surface area contributed by atoms with Gasteiger partial charge in [0.2, 0.25) is 17.7 Å². The molecule has 0 fully saturated rings. The predicted octanol–water partition coefficient (Wildman–Crippen LogP) is -4.18. The third-order valence-electron chi connectivity index (χ3n) is 3.29. The van der Waals surface area contributed by atoms with E-state index in [1.54, 1.807) is 0 Å². The average molecular weight is 406 g/mol. The van der Waals surface area contributed by atoms with Crippen LogP contribution in [0.15, 0.2) is 0 Å². The molecule has 0 saturated heterocycles. The number of carboxylic acid groups (broad SMARTS) is 3. The Morgan fingerprint density at radius 1 is 0.786 bits per heavy atom. The Labute approximate surface area is 158 Å². The summed E-state index contributed by atoms with van der Waals surface area (Å²) in [6.07, 6.45) is -1.79. The highest BCUT2D eigenvalue weighted by Gasteiger charge is 2.30. The van der Waals surface area contributed by atoms with Crippen LogP contribution in [0.3, 0.4) is 0 Å². The number of carbonyl (C=O) groups excluding carboxylic acids is 3. The van der Waals surface area contributed by atoms with Gasteiger partial charge in [-0.3, -0.25) is 24.0 Å². The maximum Gasteiger partial charge on any atom is 0.326 e. The Morgan fingerprint density at radius 3 is 1.75 bits per heavy atom. The highest BCUT2D eigenvalue weighted by atomic mass is 16.4. The molecule has 0 saturated carbocycles. The van der Waals surface area contributed by atoms with E-state index in [9.17, 15) is 33.9 Å². The molecule has 0 aliphatic heterocycles. The van der Waals surface area contributed by atoms with Crippen LogP contribution in [0, 0.1) is 0 Å². The molecule has 28 heavy (non-hydrogen) atoms. The Hall–Kier alpha value is -3.26. The van der Waals surface area contributed by atoms with Gasteiger partial charge in [0.05, 0.1) is 19.6 Å². The van der Waals surface area contributed by atoms with Crippen molar-refractivity contribution in [1.82, 2.24) is 16.0 Å². The Kier molecular flexibility index (Phi) is 10.8. The molecule has 0 aromatic rings. The monoisotopic (exact) mass is 406 g/mol. The van der Waals surface area contributed by atoms with E-state index in [2.05, 4.69) is 5.32 Å². The van der Waals surface area contributed by atoms with Gasteiger partial charge in [-0.1, -0.05) is 0 Å². The van der Waals surface area contributed by atoms with Crippen molar-refractivity contribution in [3.8, 4) is 0 Å². The minimum Gasteiger partial charge on any atom is -0.481 e. The van der Waals surface area contributed by atoms with Crippen LogP contribution < -0.4 is 21.7 Å². The zero-order chi connectivity index (χ0) is 21.9. The van der Waals surface area contributed by atoms with Gasteiger partial charge in [0.15, 0.2) is 0 Å². The number of aliphatic carboxylic acids is 3. The van der Waals surface area contributed by atoms with Crippen molar-refractivity contribution < 1.29 is 49.2 Å². The van der Waals surface area contributed by atoms with E-state index < -0.39 is 79.7 Å². The second-order valence-electron chi connectivity index (χ2n) is 5.50. The van der Waals surface area contributed by atoms with Crippen molar-refractivity contribution in [2.75, 3.05) is 13.2 Å². The number of aliphatic hydroxyl groups excluding tert-OH is 1. The zero-order valence-corrected chi connectivity index (χ0v) is 14.6. The second kappa shape index (κ2) is 12.2. The van der Waals surface area contributed by atoms with Gasteiger partial charge >= 0.3 is 17.9 Å². The standard InChI is InChI=1S/C14H22N4O10/c15-4-9(20)16-6(1-2-10(21)22)12(25)18-8(5-19)13(26)17-7(14(27)28)3-11(23)24/h6-8,19H,1-5,15H2,(H,16,20)(H,17,26)(H,18,25)(H,21,22)(H,23,24)(H,27,28). The number of nitrogens with two attached hydrogens (primary N) is 1. The third kappa shape index (κ3) is 9.44. The van der Waals surface area contributed by atoms with Crippen LogP contribution in [0.5, 0.6) is 0 Å². The van der Waals surface area contributed by atoms with Gasteiger partial charge in [-0.15, -0.1) is 0 Å². The molecule has 0 spiro atoms. The summed E-state index contributed by atoms with van der Waals surface area (Å²) in [5.41, 5.74) is 5.11. The summed E-state index contributed by atoms with van der Waals surface area (Å²) in [5.74, 6) is -7.39.